The number of amides is 1. The van der Waals surface area contributed by atoms with Crippen molar-refractivity contribution in [2.24, 2.45) is 0 Å². The summed E-state index contributed by atoms with van der Waals surface area (Å²) >= 11 is 1.95. The lowest BCUT2D eigenvalue weighted by molar-refractivity contribution is -0.127. The van der Waals surface area contributed by atoms with Crippen molar-refractivity contribution in [3.63, 3.8) is 0 Å². The van der Waals surface area contributed by atoms with Gasteiger partial charge < -0.3 is 4.90 Å². The van der Waals surface area contributed by atoms with Gasteiger partial charge in [-0.25, -0.2) is 0 Å². The maximum absolute atomic E-state index is 12.0. The molecule has 1 aromatic carbocycles. The van der Waals surface area contributed by atoms with Gasteiger partial charge in [0, 0.05) is 31.2 Å². The number of hydrogen-bond acceptors (Lipinski definition) is 2. The number of carbonyl (C=O) groups is 1. The van der Waals surface area contributed by atoms with E-state index in [2.05, 4.69) is 30.3 Å². The van der Waals surface area contributed by atoms with Crippen LogP contribution in [-0.2, 0) is 4.79 Å². The first-order valence-corrected chi connectivity index (χ1v) is 7.86. The van der Waals surface area contributed by atoms with Crippen molar-refractivity contribution >= 4 is 17.7 Å². The van der Waals surface area contributed by atoms with Crippen LogP contribution in [0.1, 0.15) is 30.7 Å². The molecule has 3 heteroatoms. The molecule has 0 aliphatic carbocycles. The van der Waals surface area contributed by atoms with Gasteiger partial charge in [-0.1, -0.05) is 36.4 Å². The van der Waals surface area contributed by atoms with Gasteiger partial charge in [0.2, 0.25) is 5.91 Å². The van der Waals surface area contributed by atoms with Crippen LogP contribution in [-0.4, -0.2) is 29.6 Å². The molecule has 2 heterocycles. The molecular weight excluding hydrogens is 254 g/mol. The van der Waals surface area contributed by atoms with Gasteiger partial charge in [-0.3, -0.25) is 4.79 Å². The van der Waals surface area contributed by atoms with Crippen LogP contribution in [0.5, 0.6) is 0 Å². The van der Waals surface area contributed by atoms with Crippen LogP contribution in [0.3, 0.4) is 0 Å². The second-order valence-corrected chi connectivity index (χ2v) is 6.53. The van der Waals surface area contributed by atoms with Crippen LogP contribution in [0, 0.1) is 0 Å². The molecule has 1 unspecified atom stereocenters. The van der Waals surface area contributed by atoms with Crippen LogP contribution in [0.2, 0.25) is 0 Å². The number of nitrogens with zero attached hydrogens (tertiary/aromatic N) is 1. The van der Waals surface area contributed by atoms with Crippen molar-refractivity contribution in [3.8, 4) is 0 Å². The zero-order valence-electron chi connectivity index (χ0n) is 11.2. The average molecular weight is 273 g/mol. The minimum Gasteiger partial charge on any atom is -0.342 e. The maximum atomic E-state index is 12.0. The van der Waals surface area contributed by atoms with E-state index in [-0.39, 0.29) is 5.91 Å². The zero-order chi connectivity index (χ0) is 13.2. The lowest BCUT2D eigenvalue weighted by Crippen LogP contribution is -2.31. The van der Waals surface area contributed by atoms with Crippen molar-refractivity contribution in [3.05, 3.63) is 46.9 Å². The predicted molar refractivity (Wildman–Crippen MR) is 80.1 cm³/mol. The summed E-state index contributed by atoms with van der Waals surface area (Å²) in [5, 5.41) is 0. The minimum absolute atomic E-state index is 0.280. The van der Waals surface area contributed by atoms with Crippen LogP contribution < -0.4 is 0 Å². The molecule has 3 rings (SSSR count). The molecule has 0 saturated carbocycles. The summed E-state index contributed by atoms with van der Waals surface area (Å²) in [5.74, 6) is 1.83. The summed E-state index contributed by atoms with van der Waals surface area (Å²) in [6.07, 6.45) is 5.19. The van der Waals surface area contributed by atoms with Crippen LogP contribution in [0.4, 0.5) is 0 Å². The van der Waals surface area contributed by atoms with Gasteiger partial charge in [-0.2, -0.15) is 0 Å². The second-order valence-electron chi connectivity index (χ2n) is 5.30. The first-order valence-electron chi connectivity index (χ1n) is 6.88. The quantitative estimate of drug-likeness (QED) is 0.841. The van der Waals surface area contributed by atoms with Crippen molar-refractivity contribution in [1.82, 2.24) is 4.90 Å². The molecule has 0 bridgehead atoms. The lowest BCUT2D eigenvalue weighted by atomic mass is 9.90. The SMILES string of the molecule is CN1C(=O)CC(c2ccccc2)[C@@H]1CC1=CCCS1. The molecule has 1 aromatic rings. The van der Waals surface area contributed by atoms with Crippen LogP contribution in [0.25, 0.3) is 0 Å². The fourth-order valence-corrected chi connectivity index (χ4v) is 4.08. The summed E-state index contributed by atoms with van der Waals surface area (Å²) in [4.78, 5) is 15.5. The van der Waals surface area contributed by atoms with Gasteiger partial charge in [0.15, 0.2) is 0 Å². The number of likely N-dealkylation sites (N-methyl/N-ethyl adjacent to an activating group) is 1. The summed E-state index contributed by atoms with van der Waals surface area (Å²) in [6.45, 7) is 0. The lowest BCUT2D eigenvalue weighted by Gasteiger charge is -2.25. The van der Waals surface area contributed by atoms with E-state index < -0.39 is 0 Å². The van der Waals surface area contributed by atoms with Crippen LogP contribution >= 0.6 is 11.8 Å². The van der Waals surface area contributed by atoms with Crippen molar-refractivity contribution in [2.45, 2.75) is 31.2 Å². The monoisotopic (exact) mass is 273 g/mol. The number of thioether (sulfide) groups is 1. The third kappa shape index (κ3) is 2.57. The Balaban J connectivity index is 1.83. The summed E-state index contributed by atoms with van der Waals surface area (Å²) < 4.78 is 0. The van der Waals surface area contributed by atoms with E-state index in [9.17, 15) is 4.79 Å². The molecule has 1 fully saturated rings. The topological polar surface area (TPSA) is 20.3 Å². The molecule has 0 N–H and O–H groups in total. The number of likely N-dealkylation sites (tertiary alicyclic amines) is 1. The van der Waals surface area contributed by atoms with E-state index in [0.717, 1.165) is 6.42 Å². The Morgan fingerprint density at radius 2 is 2.11 bits per heavy atom. The highest BCUT2D eigenvalue weighted by Crippen LogP contribution is 2.39. The van der Waals surface area contributed by atoms with E-state index in [1.807, 2.05) is 29.8 Å². The fourth-order valence-electron chi connectivity index (χ4n) is 3.06. The fraction of sp³-hybridized carbons (Fsp3) is 0.438. The molecule has 1 saturated heterocycles. The second kappa shape index (κ2) is 5.41. The Kier molecular flexibility index (Phi) is 3.65. The molecule has 1 amide bonds. The largest absolute Gasteiger partial charge is 0.342 e. The summed E-state index contributed by atoms with van der Waals surface area (Å²) in [6, 6.07) is 10.8. The minimum atomic E-state index is 0.280. The summed E-state index contributed by atoms with van der Waals surface area (Å²) in [5.41, 5.74) is 1.30. The van der Waals surface area contributed by atoms with Gasteiger partial charge in [0.1, 0.15) is 0 Å². The van der Waals surface area contributed by atoms with Crippen LogP contribution in [0.15, 0.2) is 41.3 Å². The van der Waals surface area contributed by atoms with E-state index in [0.29, 0.717) is 18.4 Å². The number of rotatable bonds is 3. The zero-order valence-corrected chi connectivity index (χ0v) is 12.0. The van der Waals surface area contributed by atoms with Gasteiger partial charge in [-0.05, 0) is 23.3 Å². The molecule has 2 aliphatic heterocycles. The molecule has 2 atom stereocenters. The van der Waals surface area contributed by atoms with E-state index in [4.69, 9.17) is 0 Å². The molecule has 2 aliphatic rings. The highest BCUT2D eigenvalue weighted by atomic mass is 32.2. The van der Waals surface area contributed by atoms with Crippen molar-refractivity contribution in [1.29, 1.82) is 0 Å². The van der Waals surface area contributed by atoms with Gasteiger partial charge in [0.25, 0.3) is 0 Å². The van der Waals surface area contributed by atoms with Gasteiger partial charge >= 0.3 is 0 Å². The normalized spacial score (nSPS) is 26.9. The third-order valence-corrected chi connectivity index (χ3v) is 5.31. The summed E-state index contributed by atoms with van der Waals surface area (Å²) in [7, 11) is 1.95. The van der Waals surface area contributed by atoms with E-state index >= 15 is 0 Å². The van der Waals surface area contributed by atoms with Crippen molar-refractivity contribution in [2.75, 3.05) is 12.8 Å². The number of hydrogen-bond donors (Lipinski definition) is 0. The third-order valence-electron chi connectivity index (χ3n) is 4.17. The molecule has 2 nitrogen and oxygen atoms in total. The highest BCUT2D eigenvalue weighted by molar-refractivity contribution is 8.03. The molecule has 0 aromatic heterocycles. The Morgan fingerprint density at radius 3 is 2.79 bits per heavy atom. The Hall–Kier alpha value is -1.22. The Labute approximate surface area is 118 Å². The standard InChI is InChI=1S/C16H19NOS/c1-17-15(10-13-8-5-9-19-13)14(11-16(17)18)12-6-3-2-4-7-12/h2-4,6-8,14-15H,5,9-11H2,1H3/t14?,15-/m0/s1. The first-order chi connectivity index (χ1) is 9.25. The number of allylic oxidation sites excluding steroid dienone is 1. The molecular formula is C16H19NOS. The molecule has 19 heavy (non-hydrogen) atoms. The maximum Gasteiger partial charge on any atom is 0.223 e. The van der Waals surface area contributed by atoms with Gasteiger partial charge in [0.05, 0.1) is 0 Å². The van der Waals surface area contributed by atoms with E-state index in [1.165, 1.54) is 22.6 Å². The number of carbonyl (C=O) groups excluding carboxylic acids is 1. The number of benzene rings is 1. The predicted octanol–water partition coefficient (Wildman–Crippen LogP) is 3.41. The molecule has 0 radical (unpaired) electrons. The van der Waals surface area contributed by atoms with Gasteiger partial charge in [-0.15, -0.1) is 11.8 Å². The van der Waals surface area contributed by atoms with Crippen molar-refractivity contribution < 1.29 is 4.79 Å². The Bertz CT molecular complexity index is 497. The van der Waals surface area contributed by atoms with E-state index in [1.54, 1.807) is 0 Å². The molecule has 100 valence electrons. The molecule has 0 spiro atoms. The Morgan fingerprint density at radius 1 is 1.32 bits per heavy atom. The highest BCUT2D eigenvalue weighted by Gasteiger charge is 2.38. The average Bonchev–Trinajstić information content (AvgIpc) is 3.04. The first kappa shape index (κ1) is 12.8. The smallest absolute Gasteiger partial charge is 0.223 e.